The van der Waals surface area contributed by atoms with Gasteiger partial charge < -0.3 is 4.74 Å². The van der Waals surface area contributed by atoms with Crippen LogP contribution in [0.25, 0.3) is 0 Å². The van der Waals surface area contributed by atoms with E-state index >= 15 is 0 Å². The van der Waals surface area contributed by atoms with Crippen LogP contribution in [0.5, 0.6) is 0 Å². The lowest BCUT2D eigenvalue weighted by atomic mass is 9.71. The highest BCUT2D eigenvalue weighted by atomic mass is 19.3. The summed E-state index contributed by atoms with van der Waals surface area (Å²) in [6.07, 6.45) is 0.306. The topological polar surface area (TPSA) is 26.3 Å². The van der Waals surface area contributed by atoms with Crippen molar-refractivity contribution in [3.63, 3.8) is 0 Å². The van der Waals surface area contributed by atoms with E-state index < -0.39 is 23.2 Å². The summed E-state index contributed by atoms with van der Waals surface area (Å²) in [5, 5.41) is 0. The Labute approximate surface area is 75.3 Å². The van der Waals surface area contributed by atoms with Crippen molar-refractivity contribution in [3.8, 4) is 0 Å². The van der Waals surface area contributed by atoms with Crippen molar-refractivity contribution in [3.05, 3.63) is 0 Å². The number of carbonyl (C=O) groups excluding carboxylic acids is 1. The Morgan fingerprint density at radius 2 is 2.23 bits per heavy atom. The molecule has 0 aromatic heterocycles. The average molecular weight is 190 g/mol. The molecule has 13 heavy (non-hydrogen) atoms. The van der Waals surface area contributed by atoms with Crippen molar-refractivity contribution in [2.75, 3.05) is 6.61 Å². The minimum Gasteiger partial charge on any atom is -0.465 e. The zero-order chi connectivity index (χ0) is 9.85. The molecule has 0 saturated heterocycles. The van der Waals surface area contributed by atoms with Gasteiger partial charge in [0.15, 0.2) is 0 Å². The zero-order valence-electron chi connectivity index (χ0n) is 7.64. The van der Waals surface area contributed by atoms with Crippen molar-refractivity contribution in [1.82, 2.24) is 0 Å². The van der Waals surface area contributed by atoms with Gasteiger partial charge in [0.05, 0.1) is 6.61 Å². The second kappa shape index (κ2) is 2.22. The van der Waals surface area contributed by atoms with Crippen molar-refractivity contribution >= 4 is 5.97 Å². The number of fused-ring (bicyclic) bond motifs is 1. The molecule has 0 heterocycles. The van der Waals surface area contributed by atoms with E-state index in [1.807, 2.05) is 0 Å². The highest BCUT2D eigenvalue weighted by molar-refractivity contribution is 5.84. The lowest BCUT2D eigenvalue weighted by Crippen LogP contribution is -2.54. The quantitative estimate of drug-likeness (QED) is 0.621. The maximum atomic E-state index is 13.3. The Hall–Kier alpha value is -0.670. The molecule has 0 aromatic carbocycles. The first-order chi connectivity index (χ1) is 5.98. The molecule has 2 nitrogen and oxygen atoms in total. The molecule has 0 aromatic rings. The van der Waals surface area contributed by atoms with Gasteiger partial charge in [-0.3, -0.25) is 4.79 Å². The van der Waals surface area contributed by atoms with Gasteiger partial charge in [-0.2, -0.15) is 0 Å². The number of hydrogen-bond acceptors (Lipinski definition) is 2. The van der Waals surface area contributed by atoms with Crippen molar-refractivity contribution in [2.45, 2.75) is 26.2 Å². The summed E-state index contributed by atoms with van der Waals surface area (Å²) >= 11 is 0. The van der Waals surface area contributed by atoms with E-state index in [0.29, 0.717) is 6.42 Å². The molecule has 2 saturated carbocycles. The van der Waals surface area contributed by atoms with Gasteiger partial charge in [-0.25, -0.2) is 8.78 Å². The van der Waals surface area contributed by atoms with Gasteiger partial charge in [-0.1, -0.05) is 6.92 Å². The fourth-order valence-corrected chi connectivity index (χ4v) is 2.47. The average Bonchev–Trinajstić information content (AvgIpc) is 2.77. The van der Waals surface area contributed by atoms with Crippen LogP contribution in [0.4, 0.5) is 8.78 Å². The van der Waals surface area contributed by atoms with E-state index in [1.165, 1.54) is 6.92 Å². The summed E-state index contributed by atoms with van der Waals surface area (Å²) in [6.45, 7) is 3.30. The van der Waals surface area contributed by atoms with Gasteiger partial charge in [0.2, 0.25) is 0 Å². The molecule has 2 fully saturated rings. The van der Waals surface area contributed by atoms with Gasteiger partial charge in [-0.15, -0.1) is 0 Å². The summed E-state index contributed by atoms with van der Waals surface area (Å²) in [5.41, 5.74) is -1.43. The van der Waals surface area contributed by atoms with E-state index in [-0.39, 0.29) is 12.5 Å². The smallest absolute Gasteiger partial charge is 0.318 e. The Balaban J connectivity index is 2.14. The number of alkyl halides is 2. The van der Waals surface area contributed by atoms with Gasteiger partial charge in [0.25, 0.3) is 5.92 Å². The Morgan fingerprint density at radius 1 is 1.62 bits per heavy atom. The van der Waals surface area contributed by atoms with E-state index in [9.17, 15) is 13.6 Å². The number of carbonyl (C=O) groups is 1. The standard InChI is InChI=1S/C9H12F2O2/c1-3-13-7(12)8-4-6(8)5(2)9(8,10)11/h5-6H,3-4H2,1-2H3/t5-,6-,8-/m1/s1. The van der Waals surface area contributed by atoms with E-state index in [1.54, 1.807) is 6.92 Å². The SMILES string of the molecule is CCOC(=O)[C@@]12C[C@@H]1[C@@H](C)C2(F)F. The molecule has 74 valence electrons. The second-order valence-electron chi connectivity index (χ2n) is 3.91. The molecule has 2 aliphatic rings. The fraction of sp³-hybridized carbons (Fsp3) is 0.889. The summed E-state index contributed by atoms with van der Waals surface area (Å²) in [5.74, 6) is -4.34. The molecular weight excluding hydrogens is 178 g/mol. The summed E-state index contributed by atoms with van der Waals surface area (Å²) < 4.78 is 31.2. The predicted molar refractivity (Wildman–Crippen MR) is 41.3 cm³/mol. The number of esters is 1. The predicted octanol–water partition coefficient (Wildman–Crippen LogP) is 1.84. The Kier molecular flexibility index (Phi) is 1.52. The first kappa shape index (κ1) is 8.91. The third-order valence-corrected chi connectivity index (χ3v) is 3.42. The first-order valence-corrected chi connectivity index (χ1v) is 4.53. The van der Waals surface area contributed by atoms with Crippen molar-refractivity contribution in [2.24, 2.45) is 17.3 Å². The fourth-order valence-electron chi connectivity index (χ4n) is 2.47. The van der Waals surface area contributed by atoms with Crippen molar-refractivity contribution in [1.29, 1.82) is 0 Å². The first-order valence-electron chi connectivity index (χ1n) is 4.53. The number of rotatable bonds is 2. The maximum absolute atomic E-state index is 13.3. The van der Waals surface area contributed by atoms with Crippen LogP contribution in [0.2, 0.25) is 0 Å². The van der Waals surface area contributed by atoms with Crippen LogP contribution >= 0.6 is 0 Å². The van der Waals surface area contributed by atoms with Gasteiger partial charge in [0, 0.05) is 5.92 Å². The Bertz CT molecular complexity index is 264. The van der Waals surface area contributed by atoms with Gasteiger partial charge in [0.1, 0.15) is 5.41 Å². The molecule has 0 aliphatic heterocycles. The summed E-state index contributed by atoms with van der Waals surface area (Å²) in [6, 6.07) is 0. The normalized spacial score (nSPS) is 44.6. The van der Waals surface area contributed by atoms with E-state index in [4.69, 9.17) is 0 Å². The minimum absolute atomic E-state index is 0.137. The molecule has 0 unspecified atom stereocenters. The second-order valence-corrected chi connectivity index (χ2v) is 3.91. The Morgan fingerprint density at radius 3 is 2.62 bits per heavy atom. The van der Waals surface area contributed by atoms with Gasteiger partial charge >= 0.3 is 5.97 Å². The summed E-state index contributed by atoms with van der Waals surface area (Å²) in [7, 11) is 0. The minimum atomic E-state index is -2.84. The molecule has 0 bridgehead atoms. The highest BCUT2D eigenvalue weighted by Gasteiger charge is 2.88. The van der Waals surface area contributed by atoms with E-state index in [0.717, 1.165) is 0 Å². The molecule has 0 radical (unpaired) electrons. The molecule has 0 N–H and O–H groups in total. The van der Waals surface area contributed by atoms with E-state index in [2.05, 4.69) is 4.74 Å². The van der Waals surface area contributed by atoms with Crippen LogP contribution in [0.1, 0.15) is 20.3 Å². The number of hydrogen-bond donors (Lipinski definition) is 0. The molecule has 2 rings (SSSR count). The van der Waals surface area contributed by atoms with Crippen LogP contribution in [-0.2, 0) is 9.53 Å². The maximum Gasteiger partial charge on any atom is 0.318 e. The monoisotopic (exact) mass is 190 g/mol. The largest absolute Gasteiger partial charge is 0.465 e. The third-order valence-electron chi connectivity index (χ3n) is 3.42. The summed E-state index contributed by atoms with van der Waals surface area (Å²) in [4.78, 5) is 11.2. The van der Waals surface area contributed by atoms with Gasteiger partial charge in [-0.05, 0) is 19.3 Å². The lowest BCUT2D eigenvalue weighted by Gasteiger charge is -2.40. The lowest BCUT2D eigenvalue weighted by molar-refractivity contribution is -0.211. The van der Waals surface area contributed by atoms with Crippen LogP contribution in [0, 0.1) is 17.3 Å². The molecule has 0 amide bonds. The van der Waals surface area contributed by atoms with Crippen LogP contribution in [-0.4, -0.2) is 18.5 Å². The number of ether oxygens (including phenoxy) is 1. The number of halogens is 2. The molecule has 0 spiro atoms. The van der Waals surface area contributed by atoms with Crippen LogP contribution < -0.4 is 0 Å². The third kappa shape index (κ3) is 0.747. The van der Waals surface area contributed by atoms with Crippen LogP contribution in [0.3, 0.4) is 0 Å². The molecule has 4 heteroatoms. The molecular formula is C9H12F2O2. The van der Waals surface area contributed by atoms with Crippen LogP contribution in [0.15, 0.2) is 0 Å². The zero-order valence-corrected chi connectivity index (χ0v) is 7.64. The highest BCUT2D eigenvalue weighted by Crippen LogP contribution is 2.78. The molecule has 3 atom stereocenters. The molecule has 2 aliphatic carbocycles. The van der Waals surface area contributed by atoms with Crippen molar-refractivity contribution < 1.29 is 18.3 Å².